The Bertz CT molecular complexity index is 3280. The number of aromatic nitrogens is 4. The summed E-state index contributed by atoms with van der Waals surface area (Å²) in [6, 6.07) is 32.4. The third-order valence-electron chi connectivity index (χ3n) is 8.81. The molecule has 0 atom stereocenters. The number of thiophene rings is 1. The number of para-hydroxylation sites is 3. The highest BCUT2D eigenvalue weighted by molar-refractivity contribution is 7.26. The van der Waals surface area contributed by atoms with E-state index in [2.05, 4.69) is 0 Å². The minimum atomic E-state index is -0.484. The molecule has 0 radical (unpaired) electrons. The van der Waals surface area contributed by atoms with Gasteiger partial charge >= 0.3 is 0 Å². The minimum Gasteiger partial charge on any atom is -0.308 e. The van der Waals surface area contributed by atoms with Crippen LogP contribution in [0.3, 0.4) is 0 Å². The normalized spacial score (nSPS) is 14.1. The number of hydrogen-bond donors (Lipinski definition) is 0. The van der Waals surface area contributed by atoms with Gasteiger partial charge < -0.3 is 4.57 Å². The van der Waals surface area contributed by atoms with Crippen LogP contribution in [0.1, 0.15) is 12.3 Å². The Balaban J connectivity index is 1.46. The average Bonchev–Trinajstić information content (AvgIpc) is 3.83. The summed E-state index contributed by atoms with van der Waals surface area (Å²) in [5.74, 6) is 0.655. The fourth-order valence-corrected chi connectivity index (χ4v) is 7.68. The first-order valence-electron chi connectivity index (χ1n) is 20.5. The van der Waals surface area contributed by atoms with Gasteiger partial charge in [0.1, 0.15) is 0 Å². The van der Waals surface area contributed by atoms with Crippen molar-refractivity contribution < 1.29 is 12.3 Å². The van der Waals surface area contributed by atoms with Crippen LogP contribution in [0.2, 0.25) is 0 Å². The quantitative estimate of drug-likeness (QED) is 0.184. The predicted octanol–water partition coefficient (Wildman–Crippen LogP) is 12.0. The third-order valence-corrected chi connectivity index (χ3v) is 9.95. The summed E-state index contributed by atoms with van der Waals surface area (Å²) in [5.41, 5.74) is 3.08. The summed E-state index contributed by atoms with van der Waals surface area (Å²) < 4.78 is 85.2. The molecule has 0 amide bonds. The van der Waals surface area contributed by atoms with Crippen molar-refractivity contribution in [2.45, 2.75) is 0 Å². The van der Waals surface area contributed by atoms with Crippen molar-refractivity contribution in [3.8, 4) is 51.0 Å². The SMILES string of the molecule is [2H]c1cc([2H])c2sc3c(-c4c([2H])c([2H])c([2H])c(-c5nc(-c6ccccc6)nc(-c6ccccc6)n5)c4-n4c5ccccc5c5ccccc54)c([2H])c([2H])c([2H])c3c2c1[2H]. The molecular weight excluding hydrogens is 629 g/mol. The summed E-state index contributed by atoms with van der Waals surface area (Å²) in [5, 5.41) is 1.98. The molecule has 0 saturated heterocycles. The molecule has 0 spiro atoms. The first-order valence-corrected chi connectivity index (χ1v) is 16.8. The first-order chi connectivity index (χ1) is 28.5. The Kier molecular flexibility index (Phi) is 4.84. The van der Waals surface area contributed by atoms with Gasteiger partial charge in [0.05, 0.1) is 29.1 Å². The highest BCUT2D eigenvalue weighted by Gasteiger charge is 2.23. The second-order valence-corrected chi connectivity index (χ2v) is 12.7. The molecule has 4 nitrogen and oxygen atoms in total. The van der Waals surface area contributed by atoms with Crippen molar-refractivity contribution in [3.05, 3.63) is 170 Å². The molecule has 3 aromatic heterocycles. The third kappa shape index (κ3) is 4.55. The van der Waals surface area contributed by atoms with Gasteiger partial charge in [-0.1, -0.05) is 145 Å². The van der Waals surface area contributed by atoms with E-state index < -0.39 is 24.2 Å². The maximum absolute atomic E-state index is 9.73. The van der Waals surface area contributed by atoms with E-state index in [1.807, 2.05) is 114 Å². The summed E-state index contributed by atoms with van der Waals surface area (Å²) in [6.07, 6.45) is 0. The van der Waals surface area contributed by atoms with E-state index in [-0.39, 0.29) is 73.9 Å². The molecule has 0 aliphatic carbocycles. The van der Waals surface area contributed by atoms with Gasteiger partial charge in [-0.05, 0) is 24.2 Å². The van der Waals surface area contributed by atoms with Crippen LogP contribution in [-0.2, 0) is 0 Å². The van der Waals surface area contributed by atoms with Gasteiger partial charge in [-0.15, -0.1) is 11.3 Å². The van der Waals surface area contributed by atoms with E-state index in [0.717, 1.165) is 22.1 Å². The Labute approximate surface area is 305 Å². The highest BCUT2D eigenvalue weighted by Crippen LogP contribution is 2.45. The molecule has 3 heterocycles. The van der Waals surface area contributed by atoms with E-state index in [0.29, 0.717) is 38.5 Å². The highest BCUT2D eigenvalue weighted by atomic mass is 32.1. The smallest absolute Gasteiger partial charge is 0.166 e. The van der Waals surface area contributed by atoms with Gasteiger partial charge in [0.2, 0.25) is 0 Å². The van der Waals surface area contributed by atoms with Crippen molar-refractivity contribution in [1.82, 2.24) is 19.5 Å². The zero-order valence-electron chi connectivity index (χ0n) is 35.2. The number of nitrogens with zero attached hydrogens (tertiary/aromatic N) is 4. The van der Waals surface area contributed by atoms with Gasteiger partial charge in [-0.3, -0.25) is 0 Å². The molecule has 0 unspecified atom stereocenters. The Morgan fingerprint density at radius 1 is 0.440 bits per heavy atom. The molecule has 0 aliphatic heterocycles. The van der Waals surface area contributed by atoms with Crippen molar-refractivity contribution in [1.29, 1.82) is 0 Å². The van der Waals surface area contributed by atoms with Crippen LogP contribution in [0.5, 0.6) is 0 Å². The van der Waals surface area contributed by atoms with Crippen LogP contribution in [0.4, 0.5) is 0 Å². The van der Waals surface area contributed by atoms with E-state index in [9.17, 15) is 5.48 Å². The van der Waals surface area contributed by atoms with Gasteiger partial charge in [-0.2, -0.15) is 0 Å². The van der Waals surface area contributed by atoms with E-state index in [1.165, 1.54) is 6.07 Å². The molecular formula is C45H28N4S. The predicted molar refractivity (Wildman–Crippen MR) is 209 cm³/mol. The van der Waals surface area contributed by atoms with Crippen LogP contribution < -0.4 is 0 Å². The molecule has 5 heteroatoms. The van der Waals surface area contributed by atoms with Crippen molar-refractivity contribution >= 4 is 53.3 Å². The topological polar surface area (TPSA) is 43.6 Å². The summed E-state index contributed by atoms with van der Waals surface area (Å²) in [6.45, 7) is 0. The van der Waals surface area contributed by atoms with Gasteiger partial charge in [0, 0.05) is 58.8 Å². The van der Waals surface area contributed by atoms with Gasteiger partial charge in [-0.25, -0.2) is 15.0 Å². The Morgan fingerprint density at radius 3 is 1.66 bits per heavy atom. The van der Waals surface area contributed by atoms with Crippen LogP contribution in [0.15, 0.2) is 170 Å². The molecule has 50 heavy (non-hydrogen) atoms. The van der Waals surface area contributed by atoms with Gasteiger partial charge in [0.15, 0.2) is 17.5 Å². The summed E-state index contributed by atoms with van der Waals surface area (Å²) in [7, 11) is 0. The standard InChI is InChI=1S/C45H28N4S/c1-3-15-29(16-4-1)43-46-44(30-17-5-2-6-18-30)48-45(47-43)37-25-13-22-34(36-24-14-23-35-33-21-9-12-28-40(33)50-42(35)36)41(37)49-38-26-10-7-19-31(38)32-20-8-11-27-39(32)49/h1-28H/i9D,13D,14D,21D,22D,23D,24D,25D,28D. The summed E-state index contributed by atoms with van der Waals surface area (Å²) in [4.78, 5) is 14.9. The number of hydrogen-bond acceptors (Lipinski definition) is 4. The van der Waals surface area contributed by atoms with Crippen LogP contribution in [0.25, 0.3) is 93.0 Å². The second kappa shape index (κ2) is 11.6. The number of benzene rings is 7. The lowest BCUT2D eigenvalue weighted by Gasteiger charge is -2.19. The molecule has 7 aromatic carbocycles. The fourth-order valence-electron chi connectivity index (χ4n) is 6.60. The van der Waals surface area contributed by atoms with E-state index in [4.69, 9.17) is 21.8 Å². The van der Waals surface area contributed by atoms with E-state index >= 15 is 0 Å². The fraction of sp³-hybridized carbons (Fsp3) is 0. The minimum absolute atomic E-state index is 0.0228. The van der Waals surface area contributed by atoms with Crippen LogP contribution >= 0.6 is 11.3 Å². The molecule has 10 aromatic rings. The van der Waals surface area contributed by atoms with Gasteiger partial charge in [0.25, 0.3) is 0 Å². The molecule has 0 fully saturated rings. The van der Waals surface area contributed by atoms with E-state index in [1.54, 1.807) is 0 Å². The van der Waals surface area contributed by atoms with Crippen molar-refractivity contribution in [3.63, 3.8) is 0 Å². The van der Waals surface area contributed by atoms with Crippen molar-refractivity contribution in [2.24, 2.45) is 0 Å². The lowest BCUT2D eigenvalue weighted by atomic mass is 9.97. The molecule has 10 rings (SSSR count). The molecule has 0 saturated carbocycles. The average molecular weight is 666 g/mol. The zero-order valence-corrected chi connectivity index (χ0v) is 27.0. The van der Waals surface area contributed by atoms with Crippen LogP contribution in [-0.4, -0.2) is 19.5 Å². The maximum atomic E-state index is 9.73. The lowest BCUT2D eigenvalue weighted by molar-refractivity contribution is 1.06. The number of rotatable bonds is 5. The zero-order chi connectivity index (χ0) is 40.9. The van der Waals surface area contributed by atoms with Crippen LogP contribution in [0, 0.1) is 0 Å². The number of fused-ring (bicyclic) bond motifs is 6. The molecule has 234 valence electrons. The lowest BCUT2D eigenvalue weighted by Crippen LogP contribution is -2.05. The largest absolute Gasteiger partial charge is 0.308 e. The molecule has 0 aliphatic rings. The summed E-state index contributed by atoms with van der Waals surface area (Å²) >= 11 is 1.05. The Hall–Kier alpha value is -6.43. The monoisotopic (exact) mass is 665 g/mol. The second-order valence-electron chi connectivity index (χ2n) is 11.7. The first kappa shape index (κ1) is 20.8. The van der Waals surface area contributed by atoms with Crippen molar-refractivity contribution in [2.75, 3.05) is 0 Å². The molecule has 0 bridgehead atoms. The Morgan fingerprint density at radius 2 is 0.980 bits per heavy atom. The molecule has 0 N–H and O–H groups in total. The maximum Gasteiger partial charge on any atom is 0.166 e.